The van der Waals surface area contributed by atoms with Crippen LogP contribution in [-0.4, -0.2) is 60.0 Å². The summed E-state index contributed by atoms with van der Waals surface area (Å²) in [5, 5.41) is 16.5. The van der Waals surface area contributed by atoms with E-state index in [1.54, 1.807) is 11.6 Å². The third kappa shape index (κ3) is 4.95. The number of hydrogen-bond donors (Lipinski definition) is 1. The first-order valence-electron chi connectivity index (χ1n) is 12.2. The van der Waals surface area contributed by atoms with Gasteiger partial charge < -0.3 is 19.9 Å². The van der Waals surface area contributed by atoms with Crippen molar-refractivity contribution in [3.8, 4) is 17.1 Å². The summed E-state index contributed by atoms with van der Waals surface area (Å²) in [6, 6.07) is 19.9. The summed E-state index contributed by atoms with van der Waals surface area (Å²) in [5.41, 5.74) is 3.86. The van der Waals surface area contributed by atoms with Crippen LogP contribution >= 0.6 is 0 Å². The molecular formula is C27H31N7O2. The number of carbonyl (C=O) groups is 1. The maximum absolute atomic E-state index is 12.8. The second-order valence-corrected chi connectivity index (χ2v) is 9.25. The Labute approximate surface area is 210 Å². The highest BCUT2D eigenvalue weighted by Gasteiger charge is 2.26. The largest absolute Gasteiger partial charge is 0.497 e. The summed E-state index contributed by atoms with van der Waals surface area (Å²) in [7, 11) is 5.68. The number of amides is 1. The molecule has 36 heavy (non-hydrogen) atoms. The fourth-order valence-electron chi connectivity index (χ4n) is 4.48. The molecule has 2 aromatic carbocycles. The first kappa shape index (κ1) is 23.6. The monoisotopic (exact) mass is 485 g/mol. The number of fused-ring (bicyclic) bond motifs is 1. The molecule has 0 atom stereocenters. The molecule has 1 aliphatic rings. The Bertz CT molecular complexity index is 1320. The van der Waals surface area contributed by atoms with Crippen molar-refractivity contribution >= 4 is 23.1 Å². The van der Waals surface area contributed by atoms with Gasteiger partial charge in [0.2, 0.25) is 5.91 Å². The van der Waals surface area contributed by atoms with Crippen molar-refractivity contribution in [2.45, 2.75) is 19.4 Å². The Morgan fingerprint density at radius 2 is 1.72 bits per heavy atom. The first-order chi connectivity index (χ1) is 17.5. The molecule has 4 aromatic rings. The van der Waals surface area contributed by atoms with Gasteiger partial charge in [0.25, 0.3) is 0 Å². The van der Waals surface area contributed by atoms with E-state index in [0.717, 1.165) is 54.3 Å². The van der Waals surface area contributed by atoms with Gasteiger partial charge >= 0.3 is 0 Å². The van der Waals surface area contributed by atoms with E-state index in [4.69, 9.17) is 9.84 Å². The minimum atomic E-state index is 0.0100. The Morgan fingerprint density at radius 3 is 2.39 bits per heavy atom. The summed E-state index contributed by atoms with van der Waals surface area (Å²) >= 11 is 0. The lowest BCUT2D eigenvalue weighted by atomic mass is 9.96. The van der Waals surface area contributed by atoms with E-state index < -0.39 is 0 Å². The highest BCUT2D eigenvalue weighted by Crippen LogP contribution is 2.25. The molecule has 186 valence electrons. The summed E-state index contributed by atoms with van der Waals surface area (Å²) in [4.78, 5) is 17.1. The van der Waals surface area contributed by atoms with E-state index in [-0.39, 0.29) is 11.8 Å². The lowest BCUT2D eigenvalue weighted by molar-refractivity contribution is -0.125. The fraction of sp³-hybridized carbons (Fsp3) is 0.333. The lowest BCUT2D eigenvalue weighted by Gasteiger charge is -2.32. The molecular weight excluding hydrogens is 454 g/mol. The molecule has 9 nitrogen and oxygen atoms in total. The average Bonchev–Trinajstić information content (AvgIpc) is 3.35. The molecule has 2 aromatic heterocycles. The van der Waals surface area contributed by atoms with E-state index in [1.165, 1.54) is 0 Å². The van der Waals surface area contributed by atoms with Crippen molar-refractivity contribution in [1.29, 1.82) is 0 Å². The maximum Gasteiger partial charge on any atom is 0.223 e. The van der Waals surface area contributed by atoms with Gasteiger partial charge in [0.1, 0.15) is 11.6 Å². The number of methoxy groups -OCH3 is 1. The fourth-order valence-corrected chi connectivity index (χ4v) is 4.48. The smallest absolute Gasteiger partial charge is 0.223 e. The van der Waals surface area contributed by atoms with Crippen molar-refractivity contribution < 1.29 is 9.53 Å². The predicted molar refractivity (Wildman–Crippen MR) is 140 cm³/mol. The molecule has 1 aliphatic heterocycles. The summed E-state index contributed by atoms with van der Waals surface area (Å²) < 4.78 is 7.03. The van der Waals surface area contributed by atoms with Crippen LogP contribution < -0.4 is 19.9 Å². The molecule has 0 radical (unpaired) electrons. The van der Waals surface area contributed by atoms with Gasteiger partial charge in [-0.25, -0.2) is 0 Å². The molecule has 1 amide bonds. The number of anilines is 2. The maximum atomic E-state index is 12.8. The molecule has 0 bridgehead atoms. The normalized spacial score (nSPS) is 14.1. The Balaban J connectivity index is 1.20. The zero-order chi connectivity index (χ0) is 25.1. The van der Waals surface area contributed by atoms with E-state index >= 15 is 0 Å². The Hall–Kier alpha value is -4.14. The van der Waals surface area contributed by atoms with E-state index in [2.05, 4.69) is 49.6 Å². The highest BCUT2D eigenvalue weighted by molar-refractivity contribution is 5.79. The molecule has 3 heterocycles. The molecule has 0 saturated carbocycles. The number of hydrogen-bond acceptors (Lipinski definition) is 7. The van der Waals surface area contributed by atoms with Crippen LogP contribution in [0, 0.1) is 5.92 Å². The molecule has 1 fully saturated rings. The standard InChI is InChI=1S/C27H31N7O2/c1-32(2)22-8-4-19(5-9-22)18-28-27(35)21-14-16-33(17-15-21)25-13-12-24-29-30-26(34(24)31-25)20-6-10-23(36-3)11-7-20/h4-13,21H,14-18H2,1-3H3,(H,28,35). The van der Waals surface area contributed by atoms with E-state index in [9.17, 15) is 4.79 Å². The third-order valence-electron chi connectivity index (χ3n) is 6.71. The van der Waals surface area contributed by atoms with Gasteiger partial charge in [-0.15, -0.1) is 15.3 Å². The number of aromatic nitrogens is 4. The van der Waals surface area contributed by atoms with Crippen molar-refractivity contribution in [2.24, 2.45) is 5.92 Å². The number of carbonyl (C=O) groups excluding carboxylic acids is 1. The second kappa shape index (κ2) is 10.2. The molecule has 1 N–H and O–H groups in total. The van der Waals surface area contributed by atoms with Gasteiger partial charge in [0, 0.05) is 50.9 Å². The van der Waals surface area contributed by atoms with Gasteiger partial charge in [0.15, 0.2) is 11.5 Å². The zero-order valence-corrected chi connectivity index (χ0v) is 20.9. The Kier molecular flexibility index (Phi) is 6.71. The lowest BCUT2D eigenvalue weighted by Crippen LogP contribution is -2.40. The van der Waals surface area contributed by atoms with Crippen molar-refractivity contribution in [1.82, 2.24) is 25.1 Å². The summed E-state index contributed by atoms with van der Waals surface area (Å²) in [5.74, 6) is 2.46. The molecule has 0 unspecified atom stereocenters. The van der Waals surface area contributed by atoms with Gasteiger partial charge in [0.05, 0.1) is 7.11 Å². The van der Waals surface area contributed by atoms with Crippen LogP contribution in [-0.2, 0) is 11.3 Å². The average molecular weight is 486 g/mol. The van der Waals surface area contributed by atoms with E-state index in [0.29, 0.717) is 18.0 Å². The molecule has 9 heteroatoms. The second-order valence-electron chi connectivity index (χ2n) is 9.25. The number of ether oxygens (including phenoxy) is 1. The van der Waals surface area contributed by atoms with Crippen LogP contribution in [0.1, 0.15) is 18.4 Å². The number of rotatable bonds is 7. The van der Waals surface area contributed by atoms with Gasteiger partial charge in [-0.2, -0.15) is 4.52 Å². The molecule has 0 spiro atoms. The van der Waals surface area contributed by atoms with Crippen LogP contribution in [0.25, 0.3) is 17.0 Å². The SMILES string of the molecule is COc1ccc(-c2nnc3ccc(N4CCC(C(=O)NCc5ccc(N(C)C)cc5)CC4)nn23)cc1. The first-order valence-corrected chi connectivity index (χ1v) is 12.2. The van der Waals surface area contributed by atoms with Gasteiger partial charge in [-0.05, 0) is 66.9 Å². The zero-order valence-electron chi connectivity index (χ0n) is 20.9. The number of benzene rings is 2. The summed E-state index contributed by atoms with van der Waals surface area (Å²) in [6.07, 6.45) is 1.58. The highest BCUT2D eigenvalue weighted by atomic mass is 16.5. The quantitative estimate of drug-likeness (QED) is 0.429. The van der Waals surface area contributed by atoms with Crippen molar-refractivity contribution in [3.05, 3.63) is 66.2 Å². The van der Waals surface area contributed by atoms with Crippen LogP contribution in [0.4, 0.5) is 11.5 Å². The van der Waals surface area contributed by atoms with Crippen molar-refractivity contribution in [3.63, 3.8) is 0 Å². The minimum absolute atomic E-state index is 0.0100. The number of nitrogens with one attached hydrogen (secondary N) is 1. The van der Waals surface area contributed by atoms with Crippen LogP contribution in [0.3, 0.4) is 0 Å². The van der Waals surface area contributed by atoms with Gasteiger partial charge in [-0.1, -0.05) is 12.1 Å². The van der Waals surface area contributed by atoms with Crippen molar-refractivity contribution in [2.75, 3.05) is 44.1 Å². The van der Waals surface area contributed by atoms with Crippen LogP contribution in [0.5, 0.6) is 5.75 Å². The summed E-state index contributed by atoms with van der Waals surface area (Å²) in [6.45, 7) is 2.09. The minimum Gasteiger partial charge on any atom is -0.497 e. The molecule has 0 aliphatic carbocycles. The number of nitrogens with zero attached hydrogens (tertiary/aromatic N) is 6. The van der Waals surface area contributed by atoms with Crippen LogP contribution in [0.15, 0.2) is 60.7 Å². The third-order valence-corrected chi connectivity index (χ3v) is 6.71. The number of piperidine rings is 1. The molecule has 1 saturated heterocycles. The Morgan fingerprint density at radius 1 is 1.00 bits per heavy atom. The van der Waals surface area contributed by atoms with Gasteiger partial charge in [-0.3, -0.25) is 4.79 Å². The molecule has 5 rings (SSSR count). The van der Waals surface area contributed by atoms with E-state index in [1.807, 2.05) is 50.5 Å². The predicted octanol–water partition coefficient (Wildman–Crippen LogP) is 3.40. The topological polar surface area (TPSA) is 87.9 Å². The van der Waals surface area contributed by atoms with Crippen LogP contribution in [0.2, 0.25) is 0 Å².